The van der Waals surface area contributed by atoms with Crippen molar-refractivity contribution in [3.63, 3.8) is 0 Å². The summed E-state index contributed by atoms with van der Waals surface area (Å²) in [4.78, 5) is 12.6. The maximum atomic E-state index is 12.6. The van der Waals surface area contributed by atoms with Crippen molar-refractivity contribution in [2.24, 2.45) is 10.8 Å². The molecule has 468 valence electrons. The molecule has 0 fully saturated rings. The number of nitrogens with zero attached hydrogens (tertiary/aromatic N) is 4. The number of benzene rings is 12. The molecule has 0 N–H and O–H groups in total. The zero-order valence-corrected chi connectivity index (χ0v) is 55.3. The molecule has 6 heteroatoms. The molecular formula is C89H80N4O2. The number of aryl methyl sites for hydroxylation is 1. The number of rotatable bonds is 17. The van der Waals surface area contributed by atoms with Gasteiger partial charge < -0.3 is 23.0 Å². The summed E-state index contributed by atoms with van der Waals surface area (Å²) in [5.74, 6) is -0.163. The Hall–Kier alpha value is -10.7. The summed E-state index contributed by atoms with van der Waals surface area (Å²) in [6, 6.07) is 101. The Morgan fingerprint density at radius 3 is 0.937 bits per heavy atom. The van der Waals surface area contributed by atoms with Gasteiger partial charge in [-0.3, -0.25) is 4.79 Å². The quantitative estimate of drug-likeness (QED) is 0.0674. The predicted molar refractivity (Wildman–Crippen MR) is 401 cm³/mol. The zero-order chi connectivity index (χ0) is 64.8. The molecule has 0 aliphatic carbocycles. The average molecular weight is 1240 g/mol. The van der Waals surface area contributed by atoms with E-state index in [1.54, 1.807) is 0 Å². The molecule has 0 unspecified atom stereocenters. The molecule has 0 aliphatic heterocycles. The third kappa shape index (κ3) is 11.5. The minimum Gasteiger partial charge on any atom is -0.460 e. The number of unbranched alkanes of at least 4 members (excludes halogenated alkanes) is 2. The SMILES string of the molecule is CCC(C)(C)C(=O)OCc1ccc2c(c1)c1ccccc1n2-c1ccc(-c2ccc(-n3c4ccccc4c4ccccc43)cc2)cc1.CCC(C)(C)CCCCCc1ccc2c(c1)c1ccccc1n2-c1ccc(-c2ccc(-n3c4ccccc4c4ccccc43)cc2)cc1. The van der Waals surface area contributed by atoms with Crippen molar-refractivity contribution in [3.8, 4) is 45.0 Å². The second-order valence-corrected chi connectivity index (χ2v) is 27.2. The van der Waals surface area contributed by atoms with Gasteiger partial charge in [-0.15, -0.1) is 0 Å². The number of esters is 1. The monoisotopic (exact) mass is 1240 g/mol. The Labute approximate surface area is 556 Å². The molecule has 0 spiro atoms. The van der Waals surface area contributed by atoms with Crippen molar-refractivity contribution in [2.45, 2.75) is 93.1 Å². The predicted octanol–water partition coefficient (Wildman–Crippen LogP) is 24.1. The summed E-state index contributed by atoms with van der Waals surface area (Å²) < 4.78 is 15.2. The standard InChI is InChI=1S/C46H44N2.C43H36N2O2/c1-4-46(2,3)31-13-5-6-14-33-21-30-45-41(32-33)40-17-9-12-20-44(40)48(45)37-28-24-35(25-29-37)34-22-26-36(27-23-34)47-42-18-10-7-15-38(42)39-16-8-11-19-43(39)47;1-4-43(2,3)42(46)47-28-29-17-26-41-37(27-29)36-13-7-10-16-40(36)45(41)33-24-20-31(21-25-33)30-18-22-32(23-19-30)44-38-14-8-5-11-34(38)35-12-6-9-15-39(35)44/h7-12,15-30,32H,4-6,13-14,31H2,1-3H3;5-27H,4,28H2,1-3H3. The lowest BCUT2D eigenvalue weighted by Crippen LogP contribution is -2.25. The summed E-state index contributed by atoms with van der Waals surface area (Å²) in [6.45, 7) is 13.2. The van der Waals surface area contributed by atoms with Gasteiger partial charge in [-0.05, 0) is 188 Å². The van der Waals surface area contributed by atoms with Gasteiger partial charge in [0.1, 0.15) is 6.61 Å². The fourth-order valence-electron chi connectivity index (χ4n) is 14.2. The van der Waals surface area contributed by atoms with E-state index in [1.807, 2.05) is 20.8 Å². The third-order valence-corrected chi connectivity index (χ3v) is 20.4. The molecule has 95 heavy (non-hydrogen) atoms. The highest BCUT2D eigenvalue weighted by Gasteiger charge is 2.27. The van der Waals surface area contributed by atoms with E-state index in [9.17, 15) is 4.79 Å². The molecule has 6 nitrogen and oxygen atoms in total. The van der Waals surface area contributed by atoms with E-state index in [4.69, 9.17) is 4.74 Å². The van der Waals surface area contributed by atoms with Gasteiger partial charge in [0.2, 0.25) is 0 Å². The van der Waals surface area contributed by atoms with E-state index >= 15 is 0 Å². The van der Waals surface area contributed by atoms with Gasteiger partial charge >= 0.3 is 5.97 Å². The van der Waals surface area contributed by atoms with Crippen LogP contribution >= 0.6 is 0 Å². The van der Waals surface area contributed by atoms with Gasteiger partial charge in [-0.2, -0.15) is 0 Å². The fraction of sp³-hybridized carbons (Fsp3) is 0.180. The maximum Gasteiger partial charge on any atom is 0.311 e. The van der Waals surface area contributed by atoms with Crippen LogP contribution in [0, 0.1) is 10.8 Å². The number of aromatic nitrogens is 4. The molecule has 0 atom stereocenters. The highest BCUT2D eigenvalue weighted by molar-refractivity contribution is 6.12. The van der Waals surface area contributed by atoms with Crippen LogP contribution in [0.4, 0.5) is 0 Å². The van der Waals surface area contributed by atoms with Crippen LogP contribution in [0.2, 0.25) is 0 Å². The summed E-state index contributed by atoms with van der Waals surface area (Å²) >= 11 is 0. The molecule has 4 heterocycles. The lowest BCUT2D eigenvalue weighted by atomic mass is 9.84. The second kappa shape index (κ2) is 25.3. The van der Waals surface area contributed by atoms with Crippen LogP contribution in [0.15, 0.2) is 279 Å². The van der Waals surface area contributed by atoms with Crippen LogP contribution in [0.25, 0.3) is 132 Å². The first-order valence-electron chi connectivity index (χ1n) is 34.0. The van der Waals surface area contributed by atoms with E-state index in [2.05, 4.69) is 318 Å². The van der Waals surface area contributed by atoms with Crippen LogP contribution in [0.3, 0.4) is 0 Å². The Kier molecular flexibility index (Phi) is 16.1. The number of carbonyl (C=O) groups excluding carboxylic acids is 1. The molecule has 0 saturated carbocycles. The zero-order valence-electron chi connectivity index (χ0n) is 55.3. The van der Waals surface area contributed by atoms with Crippen molar-refractivity contribution in [1.29, 1.82) is 0 Å². The van der Waals surface area contributed by atoms with Crippen LogP contribution in [-0.4, -0.2) is 24.2 Å². The first-order valence-corrected chi connectivity index (χ1v) is 34.0. The number of para-hydroxylation sites is 6. The van der Waals surface area contributed by atoms with Crippen LogP contribution in [0.1, 0.15) is 91.2 Å². The average Bonchev–Trinajstić information content (AvgIpc) is 1.64. The summed E-state index contributed by atoms with van der Waals surface area (Å²) in [5.41, 5.74) is 21.5. The van der Waals surface area contributed by atoms with Gasteiger partial charge in [0.05, 0.1) is 49.5 Å². The van der Waals surface area contributed by atoms with Crippen molar-refractivity contribution in [3.05, 3.63) is 290 Å². The normalized spacial score (nSPS) is 12.1. The Morgan fingerprint density at radius 2 is 0.611 bits per heavy atom. The van der Waals surface area contributed by atoms with Crippen molar-refractivity contribution >= 4 is 93.2 Å². The summed E-state index contributed by atoms with van der Waals surface area (Å²) in [7, 11) is 0. The highest BCUT2D eigenvalue weighted by atomic mass is 16.5. The van der Waals surface area contributed by atoms with Gasteiger partial charge in [-0.25, -0.2) is 0 Å². The smallest absolute Gasteiger partial charge is 0.311 e. The fourth-order valence-corrected chi connectivity index (χ4v) is 14.2. The van der Waals surface area contributed by atoms with Crippen molar-refractivity contribution in [1.82, 2.24) is 18.3 Å². The lowest BCUT2D eigenvalue weighted by Gasteiger charge is -2.22. The number of ether oxygens (including phenoxy) is 1. The van der Waals surface area contributed by atoms with Crippen molar-refractivity contribution < 1.29 is 9.53 Å². The van der Waals surface area contributed by atoms with Crippen molar-refractivity contribution in [2.75, 3.05) is 0 Å². The number of hydrogen-bond donors (Lipinski definition) is 0. The minimum absolute atomic E-state index is 0.163. The molecule has 12 aromatic carbocycles. The molecule has 4 aromatic heterocycles. The Bertz CT molecular complexity index is 5370. The number of fused-ring (bicyclic) bond motifs is 12. The first kappa shape index (κ1) is 60.5. The largest absolute Gasteiger partial charge is 0.460 e. The van der Waals surface area contributed by atoms with E-state index in [0.29, 0.717) is 5.41 Å². The van der Waals surface area contributed by atoms with E-state index in [-0.39, 0.29) is 12.6 Å². The Morgan fingerprint density at radius 1 is 0.316 bits per heavy atom. The molecule has 0 radical (unpaired) electrons. The van der Waals surface area contributed by atoms with Gasteiger partial charge in [0, 0.05) is 65.8 Å². The minimum atomic E-state index is -0.485. The number of hydrogen-bond acceptors (Lipinski definition) is 2. The first-order chi connectivity index (χ1) is 46.4. The van der Waals surface area contributed by atoms with E-state index in [1.165, 1.54) is 142 Å². The topological polar surface area (TPSA) is 46.0 Å². The maximum absolute atomic E-state index is 12.6. The molecule has 0 saturated heterocycles. The molecule has 16 aromatic rings. The lowest BCUT2D eigenvalue weighted by molar-refractivity contribution is -0.155. The van der Waals surface area contributed by atoms with Gasteiger partial charge in [0.15, 0.2) is 0 Å². The second-order valence-electron chi connectivity index (χ2n) is 27.2. The molecule has 0 aliphatic rings. The Balaban J connectivity index is 0.000000156. The third-order valence-electron chi connectivity index (χ3n) is 20.4. The van der Waals surface area contributed by atoms with Crippen LogP contribution in [0.5, 0.6) is 0 Å². The molecule has 0 amide bonds. The summed E-state index contributed by atoms with van der Waals surface area (Å²) in [5, 5.41) is 10.1. The van der Waals surface area contributed by atoms with Crippen LogP contribution < -0.4 is 0 Å². The highest BCUT2D eigenvalue weighted by Crippen LogP contribution is 2.39. The van der Waals surface area contributed by atoms with Crippen LogP contribution in [-0.2, 0) is 22.6 Å². The van der Waals surface area contributed by atoms with E-state index in [0.717, 1.165) is 46.2 Å². The molecule has 16 rings (SSSR count). The van der Waals surface area contributed by atoms with Gasteiger partial charge in [-0.1, -0.05) is 217 Å². The van der Waals surface area contributed by atoms with Gasteiger partial charge in [0.25, 0.3) is 0 Å². The number of carbonyl (C=O) groups is 1. The van der Waals surface area contributed by atoms with E-state index < -0.39 is 5.41 Å². The molecule has 0 bridgehead atoms. The summed E-state index contributed by atoms with van der Waals surface area (Å²) in [6.07, 6.45) is 8.35. The molecular weight excluding hydrogens is 1160 g/mol.